The molecule has 2 unspecified atom stereocenters. The highest BCUT2D eigenvalue weighted by molar-refractivity contribution is 5.85. The number of nitrogens with one attached hydrogen (secondary N) is 2. The molecule has 1 aromatic carbocycles. The number of hydrogen-bond donors (Lipinski definition) is 4. The minimum absolute atomic E-state index is 0.0677. The van der Waals surface area contributed by atoms with Crippen LogP contribution in [-0.4, -0.2) is 22.2 Å². The van der Waals surface area contributed by atoms with E-state index in [4.69, 9.17) is 5.73 Å². The molecule has 0 aliphatic carbocycles. The predicted molar refractivity (Wildman–Crippen MR) is 86.3 cm³/mol. The normalized spacial score (nSPS) is 14.5. The summed E-state index contributed by atoms with van der Waals surface area (Å²) in [6.45, 7) is 6.12. The maximum atomic E-state index is 11.4. The van der Waals surface area contributed by atoms with Gasteiger partial charge in [0.1, 0.15) is 0 Å². The van der Waals surface area contributed by atoms with Crippen LogP contribution in [0.3, 0.4) is 0 Å². The van der Waals surface area contributed by atoms with Gasteiger partial charge in [0, 0.05) is 29.2 Å². The van der Waals surface area contributed by atoms with E-state index in [2.05, 4.69) is 10.3 Å². The molecule has 0 fully saturated rings. The van der Waals surface area contributed by atoms with Crippen LogP contribution in [0.15, 0.2) is 29.1 Å². The van der Waals surface area contributed by atoms with Crippen LogP contribution in [0.5, 0.6) is 0 Å². The second-order valence-corrected chi connectivity index (χ2v) is 5.67. The second-order valence-electron chi connectivity index (χ2n) is 5.67. The average molecular weight is 289 g/mol. The van der Waals surface area contributed by atoms with E-state index in [0.29, 0.717) is 11.2 Å². The smallest absolute Gasteiger partial charge is 0.248 e. The predicted octanol–water partition coefficient (Wildman–Crippen LogP) is 1.92. The molecule has 0 aliphatic rings. The average Bonchev–Trinajstić information content (AvgIpc) is 2.42. The highest BCUT2D eigenvalue weighted by Crippen LogP contribution is 2.28. The van der Waals surface area contributed by atoms with Crippen LogP contribution >= 0.6 is 0 Å². The van der Waals surface area contributed by atoms with Crippen LogP contribution in [0.25, 0.3) is 10.9 Å². The minimum Gasteiger partial charge on any atom is -0.399 e. The summed E-state index contributed by atoms with van der Waals surface area (Å²) in [5.41, 5.74) is 7.63. The van der Waals surface area contributed by atoms with Gasteiger partial charge in [-0.3, -0.25) is 4.79 Å². The summed E-state index contributed by atoms with van der Waals surface area (Å²) >= 11 is 0. The van der Waals surface area contributed by atoms with Gasteiger partial charge in [0.25, 0.3) is 0 Å². The molecule has 5 heteroatoms. The molecule has 2 aromatic rings. The molecule has 1 aromatic heterocycles. The molecule has 0 saturated carbocycles. The van der Waals surface area contributed by atoms with Crippen molar-refractivity contribution in [3.05, 3.63) is 40.2 Å². The number of pyridine rings is 1. The molecule has 2 rings (SSSR count). The first-order chi connectivity index (χ1) is 9.92. The Morgan fingerprint density at radius 2 is 2.05 bits per heavy atom. The molecule has 1 heterocycles. The Morgan fingerprint density at radius 3 is 2.67 bits per heavy atom. The van der Waals surface area contributed by atoms with E-state index < -0.39 is 6.10 Å². The first-order valence-electron chi connectivity index (χ1n) is 7.29. The standard InChI is InChI=1S/C16H23N3O2/c1-4-13(18-9(2)3)16(21)12-7-10(17)8-14-11(12)5-6-15(20)19-14/h5-9,13,16,18,21H,4,17H2,1-3H3,(H,19,20). The first kappa shape index (κ1) is 15.5. The summed E-state index contributed by atoms with van der Waals surface area (Å²) in [5, 5.41) is 14.9. The number of nitrogens with two attached hydrogens (primary N) is 1. The van der Waals surface area contributed by atoms with Gasteiger partial charge in [-0.1, -0.05) is 20.8 Å². The van der Waals surface area contributed by atoms with Gasteiger partial charge >= 0.3 is 0 Å². The van der Waals surface area contributed by atoms with E-state index in [0.717, 1.165) is 17.4 Å². The van der Waals surface area contributed by atoms with E-state index in [9.17, 15) is 9.90 Å². The maximum absolute atomic E-state index is 11.4. The fourth-order valence-corrected chi connectivity index (χ4v) is 2.64. The number of rotatable bonds is 5. The molecule has 0 amide bonds. The van der Waals surface area contributed by atoms with Crippen molar-refractivity contribution in [2.45, 2.75) is 45.4 Å². The molecule has 0 spiro atoms. The highest BCUT2D eigenvalue weighted by Gasteiger charge is 2.22. The van der Waals surface area contributed by atoms with Crippen LogP contribution in [0.2, 0.25) is 0 Å². The van der Waals surface area contributed by atoms with Crippen LogP contribution < -0.4 is 16.6 Å². The minimum atomic E-state index is -0.686. The summed E-state index contributed by atoms with van der Waals surface area (Å²) in [6, 6.07) is 6.89. The lowest BCUT2D eigenvalue weighted by molar-refractivity contribution is 0.123. The second kappa shape index (κ2) is 6.28. The number of aromatic amines is 1. The lowest BCUT2D eigenvalue weighted by atomic mass is 9.95. The molecule has 5 nitrogen and oxygen atoms in total. The monoisotopic (exact) mass is 289 g/mol. The van der Waals surface area contributed by atoms with Crippen LogP contribution in [0.4, 0.5) is 5.69 Å². The van der Waals surface area contributed by atoms with Crippen molar-refractivity contribution in [3.8, 4) is 0 Å². The van der Waals surface area contributed by atoms with Gasteiger partial charge in [0.2, 0.25) is 5.56 Å². The van der Waals surface area contributed by atoms with Gasteiger partial charge in [-0.25, -0.2) is 0 Å². The molecule has 0 saturated heterocycles. The van der Waals surface area contributed by atoms with Crippen LogP contribution in [-0.2, 0) is 0 Å². The summed E-state index contributed by atoms with van der Waals surface area (Å²) in [4.78, 5) is 14.2. The lowest BCUT2D eigenvalue weighted by Crippen LogP contribution is -2.39. The zero-order valence-corrected chi connectivity index (χ0v) is 12.7. The third kappa shape index (κ3) is 3.43. The number of aliphatic hydroxyl groups excluding tert-OH is 1. The molecule has 21 heavy (non-hydrogen) atoms. The quantitative estimate of drug-likeness (QED) is 0.633. The number of aliphatic hydroxyl groups is 1. The Balaban J connectivity index is 2.51. The van der Waals surface area contributed by atoms with Gasteiger partial charge in [-0.05, 0) is 30.2 Å². The summed E-state index contributed by atoms with van der Waals surface area (Å²) in [5.74, 6) is 0. The number of anilines is 1. The molecular formula is C16H23N3O2. The van der Waals surface area contributed by atoms with Crippen molar-refractivity contribution in [2.24, 2.45) is 0 Å². The molecule has 0 radical (unpaired) electrons. The van der Waals surface area contributed by atoms with Crippen molar-refractivity contribution < 1.29 is 5.11 Å². The van der Waals surface area contributed by atoms with Gasteiger partial charge < -0.3 is 21.1 Å². The zero-order valence-electron chi connectivity index (χ0n) is 12.7. The van der Waals surface area contributed by atoms with Crippen molar-refractivity contribution in [1.29, 1.82) is 0 Å². The Morgan fingerprint density at radius 1 is 1.33 bits per heavy atom. The van der Waals surface area contributed by atoms with Crippen LogP contribution in [0.1, 0.15) is 38.9 Å². The fraction of sp³-hybridized carbons (Fsp3) is 0.438. The van der Waals surface area contributed by atoms with Gasteiger partial charge in [0.05, 0.1) is 11.6 Å². The molecule has 0 bridgehead atoms. The highest BCUT2D eigenvalue weighted by atomic mass is 16.3. The third-order valence-corrected chi connectivity index (χ3v) is 3.58. The Hall–Kier alpha value is -1.85. The summed E-state index contributed by atoms with van der Waals surface area (Å²) in [7, 11) is 0. The van der Waals surface area contributed by atoms with E-state index in [-0.39, 0.29) is 17.6 Å². The number of fused-ring (bicyclic) bond motifs is 1. The van der Waals surface area contributed by atoms with Crippen molar-refractivity contribution in [2.75, 3.05) is 5.73 Å². The number of aromatic nitrogens is 1. The van der Waals surface area contributed by atoms with E-state index in [1.807, 2.05) is 20.8 Å². The first-order valence-corrected chi connectivity index (χ1v) is 7.29. The van der Waals surface area contributed by atoms with Gasteiger partial charge in [-0.15, -0.1) is 0 Å². The van der Waals surface area contributed by atoms with Crippen molar-refractivity contribution in [1.82, 2.24) is 10.3 Å². The number of hydrogen-bond acceptors (Lipinski definition) is 4. The van der Waals surface area contributed by atoms with Crippen molar-refractivity contribution >= 4 is 16.6 Å². The third-order valence-electron chi connectivity index (χ3n) is 3.58. The molecule has 0 aliphatic heterocycles. The topological polar surface area (TPSA) is 91.1 Å². The number of benzene rings is 1. The molecule has 2 atom stereocenters. The van der Waals surface area contributed by atoms with Crippen LogP contribution in [0, 0.1) is 0 Å². The van der Waals surface area contributed by atoms with Gasteiger partial charge in [0.15, 0.2) is 0 Å². The van der Waals surface area contributed by atoms with E-state index in [1.54, 1.807) is 18.2 Å². The SMILES string of the molecule is CCC(NC(C)C)C(O)c1cc(N)cc2[nH]c(=O)ccc12. The van der Waals surface area contributed by atoms with E-state index in [1.165, 1.54) is 6.07 Å². The number of H-pyrrole nitrogens is 1. The maximum Gasteiger partial charge on any atom is 0.248 e. The molecule has 5 N–H and O–H groups in total. The zero-order chi connectivity index (χ0) is 15.6. The number of nitrogen functional groups attached to an aromatic ring is 1. The Kier molecular flexibility index (Phi) is 4.65. The Bertz CT molecular complexity index is 679. The lowest BCUT2D eigenvalue weighted by Gasteiger charge is -2.26. The van der Waals surface area contributed by atoms with Gasteiger partial charge in [-0.2, -0.15) is 0 Å². The summed E-state index contributed by atoms with van der Waals surface area (Å²) in [6.07, 6.45) is 0.105. The largest absolute Gasteiger partial charge is 0.399 e. The van der Waals surface area contributed by atoms with E-state index >= 15 is 0 Å². The molecule has 114 valence electrons. The summed E-state index contributed by atoms with van der Waals surface area (Å²) < 4.78 is 0. The van der Waals surface area contributed by atoms with Crippen molar-refractivity contribution in [3.63, 3.8) is 0 Å². The Labute approximate surface area is 124 Å². The fourth-order valence-electron chi connectivity index (χ4n) is 2.64. The molecular weight excluding hydrogens is 266 g/mol.